The molecule has 0 rings (SSSR count). The highest BCUT2D eigenvalue weighted by molar-refractivity contribution is 4.65. The minimum absolute atomic E-state index is 1.18. The molecule has 0 heterocycles. The smallest absolute Gasteiger partial charge is 0.0353 e. The lowest BCUT2D eigenvalue weighted by Gasteiger charge is -1.91. The predicted octanol–water partition coefficient (Wildman–Crippen LogP) is 8.65. The van der Waals surface area contributed by atoms with Crippen molar-refractivity contribution in [2.75, 3.05) is 0 Å². The van der Waals surface area contributed by atoms with Gasteiger partial charge in [0, 0.05) is 0 Å². The van der Waals surface area contributed by atoms with Crippen molar-refractivity contribution in [3.8, 4) is 0 Å². The van der Waals surface area contributed by atoms with Crippen LogP contribution in [-0.4, -0.2) is 0 Å². The van der Waals surface area contributed by atoms with Crippen LogP contribution in [0.15, 0.2) is 38.0 Å². The second-order valence-corrected chi connectivity index (χ2v) is 5.71. The average molecular weight is 309 g/mol. The van der Waals surface area contributed by atoms with Gasteiger partial charge in [-0.3, -0.25) is 0 Å². The maximum absolute atomic E-state index is 3.66. The first-order valence-corrected chi connectivity index (χ1v) is 9.57. The SMILES string of the molecule is C=CCCCC.C=CCCCCCC.C=CCCCCCC. The first kappa shape index (κ1) is 26.1. The third-order valence-electron chi connectivity index (χ3n) is 3.29. The topological polar surface area (TPSA) is 0 Å². The highest BCUT2D eigenvalue weighted by Gasteiger charge is 1.82. The van der Waals surface area contributed by atoms with Gasteiger partial charge in [0.1, 0.15) is 0 Å². The molecule has 0 unspecified atom stereocenters. The van der Waals surface area contributed by atoms with Crippen molar-refractivity contribution in [3.63, 3.8) is 0 Å². The van der Waals surface area contributed by atoms with E-state index in [0.29, 0.717) is 0 Å². The molecule has 0 aliphatic rings. The van der Waals surface area contributed by atoms with E-state index in [2.05, 4.69) is 40.5 Å². The van der Waals surface area contributed by atoms with Crippen molar-refractivity contribution in [1.82, 2.24) is 0 Å². The third-order valence-corrected chi connectivity index (χ3v) is 3.29. The lowest BCUT2D eigenvalue weighted by molar-refractivity contribution is 0.675. The maximum atomic E-state index is 3.66. The molecule has 0 bridgehead atoms. The summed E-state index contributed by atoms with van der Waals surface area (Å²) in [5, 5.41) is 0. The Hall–Kier alpha value is -0.780. The predicted molar refractivity (Wildman–Crippen MR) is 108 cm³/mol. The summed E-state index contributed by atoms with van der Waals surface area (Å²) in [5.41, 5.74) is 0. The van der Waals surface area contributed by atoms with Gasteiger partial charge in [-0.2, -0.15) is 0 Å². The summed E-state index contributed by atoms with van der Waals surface area (Å²) < 4.78 is 0. The molecule has 0 fully saturated rings. The Bertz CT molecular complexity index is 174. The van der Waals surface area contributed by atoms with E-state index in [1.165, 1.54) is 83.5 Å². The summed E-state index contributed by atoms with van der Waals surface area (Å²) in [6, 6.07) is 0. The van der Waals surface area contributed by atoms with Gasteiger partial charge in [-0.05, 0) is 32.1 Å². The Morgan fingerprint density at radius 1 is 0.455 bits per heavy atom. The molecule has 0 heteroatoms. The zero-order valence-electron chi connectivity index (χ0n) is 16.0. The number of rotatable bonds is 13. The average Bonchev–Trinajstić information content (AvgIpc) is 2.55. The molecule has 0 aromatic heterocycles. The van der Waals surface area contributed by atoms with Crippen LogP contribution in [0.3, 0.4) is 0 Å². The molecule has 0 saturated carbocycles. The first-order valence-electron chi connectivity index (χ1n) is 9.57. The quantitative estimate of drug-likeness (QED) is 0.236. The van der Waals surface area contributed by atoms with Crippen molar-refractivity contribution in [2.45, 2.75) is 104 Å². The molecule has 0 spiro atoms. The summed E-state index contributed by atoms with van der Waals surface area (Å²) in [7, 11) is 0. The fraction of sp³-hybridized carbons (Fsp3) is 0.727. The highest BCUT2D eigenvalue weighted by Crippen LogP contribution is 2.02. The molecule has 0 amide bonds. The van der Waals surface area contributed by atoms with Crippen molar-refractivity contribution >= 4 is 0 Å². The van der Waals surface area contributed by atoms with Crippen LogP contribution < -0.4 is 0 Å². The Labute approximate surface area is 142 Å². The van der Waals surface area contributed by atoms with E-state index in [4.69, 9.17) is 0 Å². The first-order chi connectivity index (χ1) is 10.7. The summed E-state index contributed by atoms with van der Waals surface area (Å²) in [5.74, 6) is 0. The fourth-order valence-corrected chi connectivity index (χ4v) is 1.78. The second kappa shape index (κ2) is 32.2. The van der Waals surface area contributed by atoms with Gasteiger partial charge in [0.05, 0.1) is 0 Å². The van der Waals surface area contributed by atoms with Crippen LogP contribution in [0.1, 0.15) is 104 Å². The van der Waals surface area contributed by atoms with Crippen molar-refractivity contribution in [3.05, 3.63) is 38.0 Å². The van der Waals surface area contributed by atoms with Gasteiger partial charge < -0.3 is 0 Å². The van der Waals surface area contributed by atoms with E-state index < -0.39 is 0 Å². The lowest BCUT2D eigenvalue weighted by Crippen LogP contribution is -1.71. The van der Waals surface area contributed by atoms with E-state index in [1.54, 1.807) is 0 Å². The summed E-state index contributed by atoms with van der Waals surface area (Å²) >= 11 is 0. The van der Waals surface area contributed by atoms with Crippen LogP contribution in [-0.2, 0) is 0 Å². The van der Waals surface area contributed by atoms with Gasteiger partial charge in [-0.25, -0.2) is 0 Å². The molecule has 22 heavy (non-hydrogen) atoms. The Balaban J connectivity index is -0.000000249. The van der Waals surface area contributed by atoms with Crippen molar-refractivity contribution in [2.24, 2.45) is 0 Å². The van der Waals surface area contributed by atoms with E-state index in [0.717, 1.165) is 0 Å². The Morgan fingerprint density at radius 2 is 0.773 bits per heavy atom. The van der Waals surface area contributed by atoms with Gasteiger partial charge >= 0.3 is 0 Å². The van der Waals surface area contributed by atoms with Crippen LogP contribution in [0.5, 0.6) is 0 Å². The fourth-order valence-electron chi connectivity index (χ4n) is 1.78. The number of unbranched alkanes of at least 4 members (excludes halogenated alkanes) is 10. The van der Waals surface area contributed by atoms with Crippen LogP contribution in [0.4, 0.5) is 0 Å². The lowest BCUT2D eigenvalue weighted by atomic mass is 10.2. The van der Waals surface area contributed by atoms with Gasteiger partial charge in [-0.15, -0.1) is 19.7 Å². The molecule has 0 nitrogen and oxygen atoms in total. The van der Waals surface area contributed by atoms with Crippen molar-refractivity contribution < 1.29 is 0 Å². The number of allylic oxidation sites excluding steroid dienone is 3. The Morgan fingerprint density at radius 3 is 1.00 bits per heavy atom. The van der Waals surface area contributed by atoms with E-state index in [1.807, 2.05) is 18.2 Å². The van der Waals surface area contributed by atoms with E-state index in [-0.39, 0.29) is 0 Å². The molecular formula is C22H44. The molecule has 0 aliphatic heterocycles. The zero-order valence-corrected chi connectivity index (χ0v) is 16.0. The summed E-state index contributed by atoms with van der Waals surface area (Å²) in [4.78, 5) is 0. The number of hydrogen-bond acceptors (Lipinski definition) is 0. The molecule has 0 saturated heterocycles. The van der Waals surface area contributed by atoms with Gasteiger partial charge in [0.2, 0.25) is 0 Å². The molecular weight excluding hydrogens is 264 g/mol. The van der Waals surface area contributed by atoms with Crippen LogP contribution >= 0.6 is 0 Å². The monoisotopic (exact) mass is 308 g/mol. The third kappa shape index (κ3) is 42.7. The van der Waals surface area contributed by atoms with Gasteiger partial charge in [-0.1, -0.05) is 90.4 Å². The molecule has 132 valence electrons. The maximum Gasteiger partial charge on any atom is -0.0353 e. The molecule has 0 radical (unpaired) electrons. The standard InChI is InChI=1S/2C8H16.C6H12/c2*1-3-5-7-8-6-4-2;1-3-5-6-4-2/h2*3H,1,4-8H2,2H3;3H,1,4-6H2,2H3. The molecule has 0 atom stereocenters. The molecule has 0 aliphatic carbocycles. The minimum Gasteiger partial charge on any atom is -0.103 e. The summed E-state index contributed by atoms with van der Waals surface area (Å²) in [6.45, 7) is 17.6. The van der Waals surface area contributed by atoms with E-state index in [9.17, 15) is 0 Å². The highest BCUT2D eigenvalue weighted by atomic mass is 13.9. The van der Waals surface area contributed by atoms with Crippen LogP contribution in [0, 0.1) is 0 Å². The number of hydrogen-bond donors (Lipinski definition) is 0. The Kier molecular flexibility index (Phi) is 38.3. The molecule has 0 aromatic rings. The van der Waals surface area contributed by atoms with Gasteiger partial charge in [0.15, 0.2) is 0 Å². The van der Waals surface area contributed by atoms with E-state index >= 15 is 0 Å². The van der Waals surface area contributed by atoms with Gasteiger partial charge in [0.25, 0.3) is 0 Å². The van der Waals surface area contributed by atoms with Crippen molar-refractivity contribution in [1.29, 1.82) is 0 Å². The van der Waals surface area contributed by atoms with Crippen LogP contribution in [0.25, 0.3) is 0 Å². The summed E-state index contributed by atoms with van der Waals surface area (Å²) in [6.07, 6.45) is 22.9. The normalized spacial score (nSPS) is 8.86. The molecule has 0 N–H and O–H groups in total. The minimum atomic E-state index is 1.18. The van der Waals surface area contributed by atoms with Crippen LogP contribution in [0.2, 0.25) is 0 Å². The largest absolute Gasteiger partial charge is 0.103 e. The molecule has 0 aromatic carbocycles. The second-order valence-electron chi connectivity index (χ2n) is 5.71. The zero-order chi connectivity index (χ0) is 17.3.